The van der Waals surface area contributed by atoms with Crippen LogP contribution in [0.15, 0.2) is 53.0 Å². The highest BCUT2D eigenvalue weighted by Crippen LogP contribution is 2.27. The first-order chi connectivity index (χ1) is 14.0. The van der Waals surface area contributed by atoms with E-state index in [0.29, 0.717) is 28.7 Å². The van der Waals surface area contributed by atoms with E-state index in [1.54, 1.807) is 18.2 Å². The Labute approximate surface area is 163 Å². The standard InChI is InChI=1S/C18H16F2N8O/c19-10-5-11-13(17-25-15(21)14(24-8-29)16(22)26-17)27-28(18(11)23-6-10)7-9-3-1-2-4-12(9)20/h1-6,8,17,25H,7,21H2,(H2,22,26)(H,24,29). The van der Waals surface area contributed by atoms with Crippen molar-refractivity contribution in [3.05, 3.63) is 70.9 Å². The van der Waals surface area contributed by atoms with Crippen molar-refractivity contribution in [1.82, 2.24) is 25.4 Å². The molecule has 4 rings (SSSR count). The number of fused-ring (bicyclic) bond motifs is 1. The zero-order valence-electron chi connectivity index (χ0n) is 14.9. The number of nitrogens with one attached hydrogen (secondary N) is 2. The number of hydrogen-bond acceptors (Lipinski definition) is 7. The predicted molar refractivity (Wildman–Crippen MR) is 101 cm³/mol. The fourth-order valence-electron chi connectivity index (χ4n) is 3.09. The van der Waals surface area contributed by atoms with Crippen LogP contribution in [0.1, 0.15) is 17.4 Å². The number of aromatic nitrogens is 3. The van der Waals surface area contributed by atoms with Gasteiger partial charge in [-0.15, -0.1) is 0 Å². The summed E-state index contributed by atoms with van der Waals surface area (Å²) in [7, 11) is 0. The second kappa shape index (κ2) is 7.19. The Morgan fingerprint density at radius 3 is 2.79 bits per heavy atom. The lowest BCUT2D eigenvalue weighted by atomic mass is 10.2. The molecule has 1 unspecified atom stereocenters. The zero-order valence-corrected chi connectivity index (χ0v) is 14.9. The smallest absolute Gasteiger partial charge is 0.211 e. The van der Waals surface area contributed by atoms with E-state index in [1.165, 1.54) is 16.8 Å². The van der Waals surface area contributed by atoms with Gasteiger partial charge in [-0.05, 0) is 12.1 Å². The third-order valence-corrected chi connectivity index (χ3v) is 4.41. The highest BCUT2D eigenvalue weighted by atomic mass is 19.1. The summed E-state index contributed by atoms with van der Waals surface area (Å²) in [6, 6.07) is 7.52. The molecule has 1 aliphatic rings. The number of amides is 1. The van der Waals surface area contributed by atoms with Gasteiger partial charge in [-0.1, -0.05) is 18.2 Å². The van der Waals surface area contributed by atoms with Crippen molar-refractivity contribution in [3.63, 3.8) is 0 Å². The minimum absolute atomic E-state index is 0.0143. The van der Waals surface area contributed by atoms with Gasteiger partial charge in [-0.25, -0.2) is 23.4 Å². The minimum atomic E-state index is -0.847. The molecule has 1 amide bonds. The third kappa shape index (κ3) is 3.33. The number of benzene rings is 1. The topological polar surface area (TPSA) is 136 Å². The van der Waals surface area contributed by atoms with Gasteiger partial charge >= 0.3 is 0 Å². The van der Waals surface area contributed by atoms with Gasteiger partial charge < -0.3 is 22.1 Å². The van der Waals surface area contributed by atoms with E-state index in [-0.39, 0.29) is 23.9 Å². The lowest BCUT2D eigenvalue weighted by Crippen LogP contribution is -2.40. The maximum Gasteiger partial charge on any atom is 0.211 e. The van der Waals surface area contributed by atoms with Crippen LogP contribution in [0.4, 0.5) is 8.78 Å². The van der Waals surface area contributed by atoms with Crippen LogP contribution in [0.5, 0.6) is 0 Å². The molecular formula is C18H16F2N8O. The predicted octanol–water partition coefficient (Wildman–Crippen LogP) is 0.591. The normalized spacial score (nSPS) is 16.5. The molecule has 0 saturated heterocycles. The summed E-state index contributed by atoms with van der Waals surface area (Å²) >= 11 is 0. The zero-order chi connectivity index (χ0) is 20.5. The number of pyridine rings is 1. The van der Waals surface area contributed by atoms with Crippen molar-refractivity contribution < 1.29 is 13.6 Å². The summed E-state index contributed by atoms with van der Waals surface area (Å²) < 4.78 is 29.4. The molecule has 3 aromatic rings. The molecule has 11 heteroatoms. The van der Waals surface area contributed by atoms with E-state index in [0.717, 1.165) is 6.20 Å². The molecule has 148 valence electrons. The van der Waals surface area contributed by atoms with Gasteiger partial charge in [-0.3, -0.25) is 4.79 Å². The van der Waals surface area contributed by atoms with Crippen LogP contribution in [0.25, 0.3) is 11.0 Å². The average Bonchev–Trinajstić information content (AvgIpc) is 3.04. The Hall–Kier alpha value is -4.02. The van der Waals surface area contributed by atoms with Gasteiger partial charge in [0.05, 0.1) is 12.7 Å². The quantitative estimate of drug-likeness (QED) is 0.465. The Morgan fingerprint density at radius 2 is 2.07 bits per heavy atom. The van der Waals surface area contributed by atoms with E-state index in [4.69, 9.17) is 11.5 Å². The van der Waals surface area contributed by atoms with Crippen LogP contribution in [0.2, 0.25) is 0 Å². The molecule has 1 aromatic carbocycles. The lowest BCUT2D eigenvalue weighted by Gasteiger charge is -2.23. The second-order valence-corrected chi connectivity index (χ2v) is 6.27. The number of halogens is 2. The molecule has 3 heterocycles. The van der Waals surface area contributed by atoms with Crippen molar-refractivity contribution in [3.8, 4) is 0 Å². The Kier molecular flexibility index (Phi) is 4.55. The monoisotopic (exact) mass is 398 g/mol. The molecule has 9 nitrogen and oxygen atoms in total. The van der Waals surface area contributed by atoms with Crippen LogP contribution in [-0.4, -0.2) is 27.0 Å². The maximum atomic E-state index is 14.1. The lowest BCUT2D eigenvalue weighted by molar-refractivity contribution is -0.108. The van der Waals surface area contributed by atoms with E-state index in [9.17, 15) is 13.6 Å². The third-order valence-electron chi connectivity index (χ3n) is 4.41. The Morgan fingerprint density at radius 1 is 1.28 bits per heavy atom. The van der Waals surface area contributed by atoms with Crippen LogP contribution >= 0.6 is 0 Å². The van der Waals surface area contributed by atoms with Crippen molar-refractivity contribution in [2.45, 2.75) is 12.7 Å². The average molecular weight is 398 g/mol. The first kappa shape index (κ1) is 18.3. The molecule has 0 radical (unpaired) electrons. The van der Waals surface area contributed by atoms with Gasteiger partial charge in [-0.2, -0.15) is 5.10 Å². The van der Waals surface area contributed by atoms with Gasteiger partial charge in [0.15, 0.2) is 11.8 Å². The van der Waals surface area contributed by atoms with Crippen LogP contribution in [0.3, 0.4) is 0 Å². The first-order valence-corrected chi connectivity index (χ1v) is 8.53. The second-order valence-electron chi connectivity index (χ2n) is 6.27. The number of nitrogens with zero attached hydrogens (tertiary/aromatic N) is 4. The van der Waals surface area contributed by atoms with E-state index < -0.39 is 17.8 Å². The number of hydrogen-bond donors (Lipinski definition) is 4. The number of carbonyl (C=O) groups excluding carboxylic acids is 1. The molecule has 6 N–H and O–H groups in total. The molecule has 0 saturated carbocycles. The highest BCUT2D eigenvalue weighted by Gasteiger charge is 2.26. The number of rotatable bonds is 5. The fourth-order valence-corrected chi connectivity index (χ4v) is 3.09. The van der Waals surface area contributed by atoms with E-state index in [1.807, 2.05) is 0 Å². The molecule has 0 bridgehead atoms. The molecule has 29 heavy (non-hydrogen) atoms. The molecule has 0 fully saturated rings. The summed E-state index contributed by atoms with van der Waals surface area (Å²) in [5.74, 6) is -0.895. The number of nitrogens with two attached hydrogens (primary N) is 2. The van der Waals surface area contributed by atoms with Crippen LogP contribution in [0, 0.1) is 11.6 Å². The van der Waals surface area contributed by atoms with Gasteiger partial charge in [0, 0.05) is 10.9 Å². The van der Waals surface area contributed by atoms with Gasteiger partial charge in [0.1, 0.15) is 34.7 Å². The van der Waals surface area contributed by atoms with E-state index in [2.05, 4.69) is 25.7 Å². The summed E-state index contributed by atoms with van der Waals surface area (Å²) in [6.45, 7) is 0.0803. The van der Waals surface area contributed by atoms with Crippen molar-refractivity contribution >= 4 is 23.3 Å². The largest absolute Gasteiger partial charge is 0.384 e. The van der Waals surface area contributed by atoms with E-state index >= 15 is 0 Å². The fraction of sp³-hybridized carbons (Fsp3) is 0.111. The summed E-state index contributed by atoms with van der Waals surface area (Å²) in [4.78, 5) is 19.0. The summed E-state index contributed by atoms with van der Waals surface area (Å²) in [6.07, 6.45) is 0.627. The van der Waals surface area contributed by atoms with Crippen LogP contribution in [-0.2, 0) is 11.3 Å². The Bertz CT molecular complexity index is 1170. The van der Waals surface area contributed by atoms with Crippen molar-refractivity contribution in [1.29, 1.82) is 0 Å². The molecule has 0 aliphatic carbocycles. The Balaban J connectivity index is 1.79. The minimum Gasteiger partial charge on any atom is -0.384 e. The summed E-state index contributed by atoms with van der Waals surface area (Å²) in [5.41, 5.74) is 13.0. The summed E-state index contributed by atoms with van der Waals surface area (Å²) in [5, 5.41) is 10.1. The molecule has 2 aromatic heterocycles. The van der Waals surface area contributed by atoms with Gasteiger partial charge in [0.2, 0.25) is 6.41 Å². The van der Waals surface area contributed by atoms with Crippen molar-refractivity contribution in [2.24, 2.45) is 16.5 Å². The highest BCUT2D eigenvalue weighted by molar-refractivity contribution is 5.99. The van der Waals surface area contributed by atoms with Crippen molar-refractivity contribution in [2.75, 3.05) is 0 Å². The van der Waals surface area contributed by atoms with Gasteiger partial charge in [0.25, 0.3) is 0 Å². The molecule has 0 spiro atoms. The molecule has 1 aliphatic heterocycles. The number of aliphatic imine (C=N–C) groups is 1. The number of amidine groups is 1. The molecule has 1 atom stereocenters. The van der Waals surface area contributed by atoms with Crippen LogP contribution < -0.4 is 22.1 Å². The first-order valence-electron chi connectivity index (χ1n) is 8.53. The number of carbonyl (C=O) groups is 1. The SMILES string of the molecule is NC1=NC(c2nn(Cc3ccccc3F)c3ncc(F)cc23)NC(N)=C1NC=O. The molecular weight excluding hydrogens is 382 g/mol. The maximum absolute atomic E-state index is 14.1.